The molecule has 0 saturated carbocycles. The van der Waals surface area contributed by atoms with Crippen molar-refractivity contribution in [2.45, 2.75) is 0 Å². The molecule has 0 radical (unpaired) electrons. The number of rotatable bonds is 3. The first-order valence-corrected chi connectivity index (χ1v) is 6.63. The quantitative estimate of drug-likeness (QED) is 0.701. The first-order valence-electron chi connectivity index (χ1n) is 6.63. The molecule has 0 aliphatic carbocycles. The minimum absolute atomic E-state index is 0.244. The number of nitrogens with zero attached hydrogens (tertiary/aromatic N) is 1. The van der Waals surface area contributed by atoms with Gasteiger partial charge in [0.25, 0.3) is 0 Å². The minimum Gasteiger partial charge on any atom is -0.497 e. The topological polar surface area (TPSA) is 22.1 Å². The summed E-state index contributed by atoms with van der Waals surface area (Å²) in [7, 11) is 1.63. The number of methoxy groups -OCH3 is 1. The Hall–Kier alpha value is -2.68. The van der Waals surface area contributed by atoms with E-state index >= 15 is 0 Å². The van der Waals surface area contributed by atoms with Crippen LogP contribution >= 0.6 is 0 Å². The van der Waals surface area contributed by atoms with Crippen molar-refractivity contribution in [3.8, 4) is 28.1 Å². The third kappa shape index (κ3) is 2.77. The molecule has 0 saturated heterocycles. The van der Waals surface area contributed by atoms with E-state index in [1.807, 2.05) is 36.4 Å². The lowest BCUT2D eigenvalue weighted by molar-refractivity contribution is 0.415. The van der Waals surface area contributed by atoms with Gasteiger partial charge < -0.3 is 4.74 Å². The molecule has 0 aliphatic heterocycles. The molecule has 0 bridgehead atoms. The van der Waals surface area contributed by atoms with Crippen molar-refractivity contribution in [3.05, 3.63) is 72.7 Å². The standard InChI is InChI=1S/C18H14FNO/c1-21-15-9-10-16(13-5-7-14(19)8-6-13)17(12-15)18-4-2-3-11-20-18/h2-12H,1H3. The first-order chi connectivity index (χ1) is 10.3. The van der Waals surface area contributed by atoms with Gasteiger partial charge in [0, 0.05) is 11.8 Å². The fourth-order valence-electron chi connectivity index (χ4n) is 2.27. The highest BCUT2D eigenvalue weighted by Crippen LogP contribution is 2.34. The number of hydrogen-bond donors (Lipinski definition) is 0. The summed E-state index contributed by atoms with van der Waals surface area (Å²) in [6.45, 7) is 0. The van der Waals surface area contributed by atoms with E-state index in [0.717, 1.165) is 28.1 Å². The molecular weight excluding hydrogens is 265 g/mol. The molecule has 2 nitrogen and oxygen atoms in total. The van der Waals surface area contributed by atoms with Crippen molar-refractivity contribution in [1.29, 1.82) is 0 Å². The largest absolute Gasteiger partial charge is 0.497 e. The maximum atomic E-state index is 13.1. The van der Waals surface area contributed by atoms with E-state index in [0.29, 0.717) is 0 Å². The fraction of sp³-hybridized carbons (Fsp3) is 0.0556. The molecule has 1 aromatic heterocycles. The molecule has 21 heavy (non-hydrogen) atoms. The molecule has 3 heteroatoms. The zero-order valence-electron chi connectivity index (χ0n) is 11.6. The van der Waals surface area contributed by atoms with Crippen LogP contribution in [0.25, 0.3) is 22.4 Å². The van der Waals surface area contributed by atoms with E-state index < -0.39 is 0 Å². The molecule has 1 heterocycles. The van der Waals surface area contributed by atoms with Crippen LogP contribution in [0.2, 0.25) is 0 Å². The summed E-state index contributed by atoms with van der Waals surface area (Å²) in [6.07, 6.45) is 1.75. The van der Waals surface area contributed by atoms with Crippen molar-refractivity contribution in [1.82, 2.24) is 4.98 Å². The second-order valence-electron chi connectivity index (χ2n) is 4.63. The van der Waals surface area contributed by atoms with Crippen LogP contribution in [0.15, 0.2) is 66.9 Å². The number of benzene rings is 2. The summed E-state index contributed by atoms with van der Waals surface area (Å²) >= 11 is 0. The summed E-state index contributed by atoms with van der Waals surface area (Å²) in [5.41, 5.74) is 3.76. The normalized spacial score (nSPS) is 10.4. The molecule has 2 aromatic carbocycles. The maximum absolute atomic E-state index is 13.1. The van der Waals surface area contributed by atoms with E-state index in [4.69, 9.17) is 4.74 Å². The Bertz CT molecular complexity index is 739. The number of ether oxygens (including phenoxy) is 1. The minimum atomic E-state index is -0.244. The Morgan fingerprint density at radius 1 is 0.905 bits per heavy atom. The van der Waals surface area contributed by atoms with E-state index in [1.54, 1.807) is 25.4 Å². The van der Waals surface area contributed by atoms with E-state index in [9.17, 15) is 4.39 Å². The van der Waals surface area contributed by atoms with Gasteiger partial charge in [0.15, 0.2) is 0 Å². The van der Waals surface area contributed by atoms with Gasteiger partial charge in [-0.2, -0.15) is 0 Å². The zero-order chi connectivity index (χ0) is 14.7. The predicted molar refractivity (Wildman–Crippen MR) is 81.6 cm³/mol. The van der Waals surface area contributed by atoms with Gasteiger partial charge in [-0.15, -0.1) is 0 Å². The Morgan fingerprint density at radius 3 is 2.38 bits per heavy atom. The molecule has 0 unspecified atom stereocenters. The highest BCUT2D eigenvalue weighted by molar-refractivity contribution is 5.82. The Morgan fingerprint density at radius 2 is 1.71 bits per heavy atom. The lowest BCUT2D eigenvalue weighted by Crippen LogP contribution is -1.90. The van der Waals surface area contributed by atoms with E-state index in [2.05, 4.69) is 4.98 Å². The van der Waals surface area contributed by atoms with Crippen molar-refractivity contribution in [2.24, 2.45) is 0 Å². The summed E-state index contributed by atoms with van der Waals surface area (Å²) in [6, 6.07) is 18.0. The summed E-state index contributed by atoms with van der Waals surface area (Å²) in [5.74, 6) is 0.521. The van der Waals surface area contributed by atoms with Gasteiger partial charge in [0.1, 0.15) is 11.6 Å². The SMILES string of the molecule is COc1ccc(-c2ccc(F)cc2)c(-c2ccccn2)c1. The van der Waals surface area contributed by atoms with Gasteiger partial charge in [-0.25, -0.2) is 4.39 Å². The second-order valence-corrected chi connectivity index (χ2v) is 4.63. The van der Waals surface area contributed by atoms with Crippen molar-refractivity contribution >= 4 is 0 Å². The third-order valence-electron chi connectivity index (χ3n) is 3.32. The summed E-state index contributed by atoms with van der Waals surface area (Å²) < 4.78 is 18.4. The monoisotopic (exact) mass is 279 g/mol. The molecule has 0 aliphatic rings. The van der Waals surface area contributed by atoms with Crippen molar-refractivity contribution in [2.75, 3.05) is 7.11 Å². The summed E-state index contributed by atoms with van der Waals surface area (Å²) in [4.78, 5) is 4.40. The van der Waals surface area contributed by atoms with Gasteiger partial charge >= 0.3 is 0 Å². The molecule has 0 spiro atoms. The van der Waals surface area contributed by atoms with E-state index in [-0.39, 0.29) is 5.82 Å². The molecular formula is C18H14FNO. The molecule has 0 atom stereocenters. The van der Waals surface area contributed by atoms with Gasteiger partial charge in [-0.1, -0.05) is 24.3 Å². The van der Waals surface area contributed by atoms with Gasteiger partial charge in [0.2, 0.25) is 0 Å². The van der Waals surface area contributed by atoms with Crippen LogP contribution in [-0.2, 0) is 0 Å². The molecule has 104 valence electrons. The van der Waals surface area contributed by atoms with Crippen LogP contribution in [-0.4, -0.2) is 12.1 Å². The van der Waals surface area contributed by atoms with Crippen molar-refractivity contribution in [3.63, 3.8) is 0 Å². The van der Waals surface area contributed by atoms with Crippen LogP contribution in [0.5, 0.6) is 5.75 Å². The number of hydrogen-bond acceptors (Lipinski definition) is 2. The zero-order valence-corrected chi connectivity index (χ0v) is 11.6. The molecule has 0 N–H and O–H groups in total. The van der Waals surface area contributed by atoms with Crippen LogP contribution in [0.1, 0.15) is 0 Å². The Labute approximate surface area is 122 Å². The van der Waals surface area contributed by atoms with Gasteiger partial charge in [-0.3, -0.25) is 4.98 Å². The summed E-state index contributed by atoms with van der Waals surface area (Å²) in [5, 5.41) is 0. The first kappa shape index (κ1) is 13.3. The molecule has 0 amide bonds. The number of pyridine rings is 1. The van der Waals surface area contributed by atoms with Crippen LogP contribution in [0.3, 0.4) is 0 Å². The Balaban J connectivity index is 2.18. The second kappa shape index (κ2) is 5.75. The number of aromatic nitrogens is 1. The highest BCUT2D eigenvalue weighted by Gasteiger charge is 2.10. The predicted octanol–water partition coefficient (Wildman–Crippen LogP) is 4.56. The maximum Gasteiger partial charge on any atom is 0.123 e. The fourth-order valence-corrected chi connectivity index (χ4v) is 2.27. The highest BCUT2D eigenvalue weighted by atomic mass is 19.1. The Kier molecular flexibility index (Phi) is 3.65. The lowest BCUT2D eigenvalue weighted by atomic mass is 9.97. The van der Waals surface area contributed by atoms with Crippen LogP contribution < -0.4 is 4.74 Å². The molecule has 0 fully saturated rings. The average Bonchev–Trinajstić information content (AvgIpc) is 2.56. The van der Waals surface area contributed by atoms with Gasteiger partial charge in [0.05, 0.1) is 12.8 Å². The average molecular weight is 279 g/mol. The third-order valence-corrected chi connectivity index (χ3v) is 3.32. The number of halogens is 1. The van der Waals surface area contributed by atoms with Crippen LogP contribution in [0.4, 0.5) is 4.39 Å². The smallest absolute Gasteiger partial charge is 0.123 e. The van der Waals surface area contributed by atoms with Crippen molar-refractivity contribution < 1.29 is 9.13 Å². The van der Waals surface area contributed by atoms with Gasteiger partial charge in [-0.05, 0) is 47.5 Å². The lowest BCUT2D eigenvalue weighted by Gasteiger charge is -2.11. The molecule has 3 rings (SSSR count). The van der Waals surface area contributed by atoms with E-state index in [1.165, 1.54) is 12.1 Å². The molecule has 3 aromatic rings. The van der Waals surface area contributed by atoms with Crippen LogP contribution in [0, 0.1) is 5.82 Å².